The fourth-order valence-electron chi connectivity index (χ4n) is 2.14. The molecule has 3 rings (SSSR count). The van der Waals surface area contributed by atoms with E-state index in [1.165, 1.54) is 0 Å². The van der Waals surface area contributed by atoms with Crippen molar-refractivity contribution in [3.05, 3.63) is 56.0 Å². The number of rotatable bonds is 6. The summed E-state index contributed by atoms with van der Waals surface area (Å²) >= 11 is 15.6. The van der Waals surface area contributed by atoms with Gasteiger partial charge >= 0.3 is 0 Å². The van der Waals surface area contributed by atoms with Crippen LogP contribution in [0.2, 0.25) is 10.0 Å². The molecule has 3 aromatic rings. The van der Waals surface area contributed by atoms with Gasteiger partial charge in [-0.2, -0.15) is 5.10 Å². The summed E-state index contributed by atoms with van der Waals surface area (Å²) in [4.78, 5) is 1.10. The zero-order valence-corrected chi connectivity index (χ0v) is 17.0. The third-order valence-corrected chi connectivity index (χ3v) is 4.61. The Bertz CT molecular complexity index is 995. The fraction of sp³-hybridized carbons (Fsp3) is 0.125. The number of tetrazole rings is 1. The molecule has 0 fully saturated rings. The average molecular weight is 472 g/mol. The molecular weight excluding hydrogens is 459 g/mol. The molecule has 11 heteroatoms. The molecule has 0 radical (unpaired) electrons. The molecule has 2 N–H and O–H groups in total. The van der Waals surface area contributed by atoms with Crippen LogP contribution in [-0.4, -0.2) is 33.6 Å². The van der Waals surface area contributed by atoms with Gasteiger partial charge in [-0.3, -0.25) is 0 Å². The van der Waals surface area contributed by atoms with Gasteiger partial charge in [0.15, 0.2) is 11.5 Å². The van der Waals surface area contributed by atoms with Crippen LogP contribution in [0.15, 0.2) is 39.9 Å². The van der Waals surface area contributed by atoms with E-state index >= 15 is 0 Å². The first-order chi connectivity index (χ1) is 13.0. The Labute approximate surface area is 173 Å². The molecule has 2 aromatic carbocycles. The van der Waals surface area contributed by atoms with Crippen molar-refractivity contribution < 1.29 is 9.47 Å². The molecule has 0 saturated carbocycles. The number of halogens is 3. The molecule has 0 amide bonds. The predicted molar refractivity (Wildman–Crippen MR) is 107 cm³/mol. The highest BCUT2D eigenvalue weighted by atomic mass is 79.9. The Morgan fingerprint density at radius 3 is 2.78 bits per heavy atom. The minimum atomic E-state index is 0.0806. The van der Waals surface area contributed by atoms with Crippen LogP contribution in [0.4, 0.5) is 5.95 Å². The van der Waals surface area contributed by atoms with E-state index in [-0.39, 0.29) is 12.6 Å². The summed E-state index contributed by atoms with van der Waals surface area (Å²) in [5.41, 5.74) is 7.10. The molecule has 0 aliphatic rings. The van der Waals surface area contributed by atoms with Crippen molar-refractivity contribution in [1.82, 2.24) is 20.3 Å². The zero-order valence-electron chi connectivity index (χ0n) is 13.9. The monoisotopic (exact) mass is 470 g/mol. The molecule has 0 atom stereocenters. The number of benzene rings is 2. The maximum Gasteiger partial charge on any atom is 0.263 e. The van der Waals surface area contributed by atoms with Gasteiger partial charge in [-0.25, -0.2) is 0 Å². The first-order valence-corrected chi connectivity index (χ1v) is 9.05. The van der Waals surface area contributed by atoms with Crippen LogP contribution in [0.5, 0.6) is 11.5 Å². The number of hydrogen-bond acceptors (Lipinski definition) is 7. The summed E-state index contributed by atoms with van der Waals surface area (Å²) in [6.45, 7) is 0.250. The van der Waals surface area contributed by atoms with Gasteiger partial charge in [0.2, 0.25) is 0 Å². The average Bonchev–Trinajstić information content (AvgIpc) is 3.05. The molecule has 0 unspecified atom stereocenters. The van der Waals surface area contributed by atoms with Crippen molar-refractivity contribution in [2.24, 2.45) is 5.10 Å². The van der Waals surface area contributed by atoms with Crippen molar-refractivity contribution in [3.63, 3.8) is 0 Å². The zero-order chi connectivity index (χ0) is 19.4. The van der Waals surface area contributed by atoms with E-state index in [0.29, 0.717) is 26.0 Å². The van der Waals surface area contributed by atoms with E-state index in [0.717, 1.165) is 15.9 Å². The maximum absolute atomic E-state index is 6.18. The molecule has 0 bridgehead atoms. The Kier molecular flexibility index (Phi) is 6.15. The van der Waals surface area contributed by atoms with Gasteiger partial charge in [-0.05, 0) is 56.2 Å². The van der Waals surface area contributed by atoms with Crippen molar-refractivity contribution in [1.29, 1.82) is 0 Å². The summed E-state index contributed by atoms with van der Waals surface area (Å²) in [5, 5.41) is 15.8. The molecule has 0 aliphatic carbocycles. The van der Waals surface area contributed by atoms with Crippen molar-refractivity contribution >= 4 is 51.3 Å². The Balaban J connectivity index is 1.81. The van der Waals surface area contributed by atoms with E-state index in [2.05, 4.69) is 36.6 Å². The largest absolute Gasteiger partial charge is 0.493 e. The van der Waals surface area contributed by atoms with E-state index in [9.17, 15) is 0 Å². The first kappa shape index (κ1) is 19.4. The summed E-state index contributed by atoms with van der Waals surface area (Å²) in [7, 11) is 1.55. The third-order valence-electron chi connectivity index (χ3n) is 3.43. The lowest BCUT2D eigenvalue weighted by atomic mass is 10.2. The number of nitrogen functional groups attached to an aromatic ring is 1. The summed E-state index contributed by atoms with van der Waals surface area (Å²) in [5.74, 6) is 1.13. The van der Waals surface area contributed by atoms with E-state index in [1.807, 2.05) is 12.1 Å². The van der Waals surface area contributed by atoms with Gasteiger partial charge in [0.05, 0.1) is 17.8 Å². The van der Waals surface area contributed by atoms with Crippen LogP contribution in [-0.2, 0) is 6.61 Å². The van der Waals surface area contributed by atoms with Gasteiger partial charge in [0.1, 0.15) is 6.61 Å². The van der Waals surface area contributed by atoms with Crippen LogP contribution < -0.4 is 15.2 Å². The lowest BCUT2D eigenvalue weighted by molar-refractivity contribution is 0.282. The number of nitrogens with zero attached hydrogens (tertiary/aromatic N) is 5. The van der Waals surface area contributed by atoms with Crippen LogP contribution in [0.1, 0.15) is 11.1 Å². The van der Waals surface area contributed by atoms with Gasteiger partial charge in [0.25, 0.3) is 5.95 Å². The smallest absolute Gasteiger partial charge is 0.263 e. The first-order valence-electron chi connectivity index (χ1n) is 7.50. The van der Waals surface area contributed by atoms with E-state index < -0.39 is 0 Å². The highest BCUT2D eigenvalue weighted by Crippen LogP contribution is 2.37. The molecule has 1 aromatic heterocycles. The lowest BCUT2D eigenvalue weighted by Crippen LogP contribution is -2.01. The van der Waals surface area contributed by atoms with Gasteiger partial charge in [0, 0.05) is 15.6 Å². The standard InChI is InChI=1S/C16H13BrCl2N6O2/c1-26-14-5-9(7-21-25-16(20)22-23-24-25)4-12(17)15(14)27-8-10-2-3-11(18)6-13(10)19/h2-7H,8H2,1H3,(H2,20,22,24)/b21-7-. The van der Waals surface area contributed by atoms with E-state index in [4.69, 9.17) is 38.4 Å². The lowest BCUT2D eigenvalue weighted by Gasteiger charge is -2.14. The molecule has 1 heterocycles. The minimum absolute atomic E-state index is 0.0806. The van der Waals surface area contributed by atoms with Crippen LogP contribution in [0.25, 0.3) is 0 Å². The van der Waals surface area contributed by atoms with Crippen LogP contribution >= 0.6 is 39.1 Å². The third kappa shape index (κ3) is 4.68. The molecule has 0 saturated heterocycles. The Morgan fingerprint density at radius 2 is 2.11 bits per heavy atom. The van der Waals surface area contributed by atoms with Crippen molar-refractivity contribution in [2.45, 2.75) is 6.61 Å². The molecule has 0 aliphatic heterocycles. The van der Waals surface area contributed by atoms with Crippen LogP contribution in [0, 0.1) is 0 Å². The SMILES string of the molecule is COc1cc(/C=N\n2nnnc2N)cc(Br)c1OCc1ccc(Cl)cc1Cl. The summed E-state index contributed by atoms with van der Waals surface area (Å²) in [6, 6.07) is 8.79. The van der Waals surface area contributed by atoms with Crippen molar-refractivity contribution in [2.75, 3.05) is 12.8 Å². The highest BCUT2D eigenvalue weighted by Gasteiger charge is 2.13. The molecule has 140 valence electrons. The van der Waals surface area contributed by atoms with E-state index in [1.54, 1.807) is 31.5 Å². The molecule has 8 nitrogen and oxygen atoms in total. The molecular formula is C16H13BrCl2N6O2. The second-order valence-electron chi connectivity index (χ2n) is 5.23. The van der Waals surface area contributed by atoms with Crippen molar-refractivity contribution in [3.8, 4) is 11.5 Å². The minimum Gasteiger partial charge on any atom is -0.493 e. The second-order valence-corrected chi connectivity index (χ2v) is 6.93. The predicted octanol–water partition coefficient (Wildman–Crippen LogP) is 3.79. The summed E-state index contributed by atoms with van der Waals surface area (Å²) < 4.78 is 12.0. The Morgan fingerprint density at radius 1 is 1.30 bits per heavy atom. The number of ether oxygens (including phenoxy) is 2. The molecule has 27 heavy (non-hydrogen) atoms. The molecule has 0 spiro atoms. The fourth-order valence-corrected chi connectivity index (χ4v) is 3.17. The topological polar surface area (TPSA) is 100 Å². The number of aromatic nitrogens is 4. The summed E-state index contributed by atoms with van der Waals surface area (Å²) in [6.07, 6.45) is 1.54. The second kappa shape index (κ2) is 8.55. The number of hydrogen-bond donors (Lipinski definition) is 1. The Hall–Kier alpha value is -2.36. The number of nitrogens with two attached hydrogens (primary N) is 1. The van der Waals surface area contributed by atoms with Gasteiger partial charge in [-0.1, -0.05) is 39.2 Å². The number of anilines is 1. The maximum atomic E-state index is 6.18. The number of methoxy groups -OCH3 is 1. The van der Waals surface area contributed by atoms with Gasteiger partial charge < -0.3 is 15.2 Å². The quantitative estimate of drug-likeness (QED) is 0.549. The normalized spacial score (nSPS) is 11.1. The van der Waals surface area contributed by atoms with Gasteiger partial charge in [-0.15, -0.1) is 0 Å². The highest BCUT2D eigenvalue weighted by molar-refractivity contribution is 9.10. The van der Waals surface area contributed by atoms with Crippen LogP contribution in [0.3, 0.4) is 0 Å².